The number of aromatic hydroxyl groups is 1. The number of aromatic nitrogens is 2. The number of rotatable bonds is 4. The van der Waals surface area contributed by atoms with E-state index in [-0.39, 0.29) is 68.7 Å². The van der Waals surface area contributed by atoms with Gasteiger partial charge in [-0.1, -0.05) is 24.6 Å². The van der Waals surface area contributed by atoms with Gasteiger partial charge in [-0.15, -0.1) is 0 Å². The van der Waals surface area contributed by atoms with Crippen molar-refractivity contribution in [1.82, 2.24) is 9.97 Å². The van der Waals surface area contributed by atoms with Gasteiger partial charge < -0.3 is 35.1 Å². The molecule has 3 heterocycles. The molecule has 1 spiro atoms. The van der Waals surface area contributed by atoms with Crippen molar-refractivity contribution < 1.29 is 33.6 Å². The summed E-state index contributed by atoms with van der Waals surface area (Å²) in [6.07, 6.45) is 0.178. The summed E-state index contributed by atoms with van der Waals surface area (Å²) >= 11 is 6.56. The van der Waals surface area contributed by atoms with Gasteiger partial charge in [-0.3, -0.25) is 19.4 Å². The van der Waals surface area contributed by atoms with Gasteiger partial charge in [0.1, 0.15) is 27.9 Å². The van der Waals surface area contributed by atoms with Crippen molar-refractivity contribution in [3.8, 4) is 28.7 Å². The van der Waals surface area contributed by atoms with Gasteiger partial charge in [-0.05, 0) is 24.1 Å². The molecule has 5 N–H and O–H groups in total. The number of nitrogens with one attached hydrogen (secondary N) is 2. The minimum absolute atomic E-state index is 0.0172. The average molecular weight is 581 g/mol. The third kappa shape index (κ3) is 3.53. The maximum atomic E-state index is 14.7. The van der Waals surface area contributed by atoms with E-state index < -0.39 is 34.6 Å². The molecule has 2 aromatic carbocycles. The predicted molar refractivity (Wildman–Crippen MR) is 147 cm³/mol. The minimum Gasteiger partial charge on any atom is -0.504 e. The molecule has 0 bridgehead atoms. The molecule has 0 amide bonds. The van der Waals surface area contributed by atoms with E-state index in [2.05, 4.69) is 15.3 Å². The number of nitrogens with two attached hydrogens (primary N) is 1. The van der Waals surface area contributed by atoms with Crippen LogP contribution in [0.3, 0.4) is 0 Å². The molecular weight excluding hydrogens is 556 g/mol. The predicted octanol–water partition coefficient (Wildman–Crippen LogP) is 3.17. The van der Waals surface area contributed by atoms with Gasteiger partial charge in [-0.2, -0.15) is 4.98 Å². The zero-order valence-electron chi connectivity index (χ0n) is 22.4. The minimum atomic E-state index is -2.00. The number of hydrogen-bond acceptors (Lipinski definition) is 11. The number of carbonyl (C=O) groups is 2. The Balaban J connectivity index is 1.59. The fourth-order valence-corrected chi connectivity index (χ4v) is 6.24. The number of halogens is 1. The van der Waals surface area contributed by atoms with Gasteiger partial charge in [0.05, 0.1) is 26.9 Å². The van der Waals surface area contributed by atoms with Crippen molar-refractivity contribution >= 4 is 34.9 Å². The van der Waals surface area contributed by atoms with Gasteiger partial charge in [0.2, 0.25) is 23.1 Å². The van der Waals surface area contributed by atoms with Crippen LogP contribution in [-0.4, -0.2) is 53.6 Å². The number of allylic oxidation sites excluding steroid dienone is 1. The van der Waals surface area contributed by atoms with Crippen LogP contribution in [0.4, 0.5) is 11.8 Å². The summed E-state index contributed by atoms with van der Waals surface area (Å²) in [6.45, 7) is 1.72. The fourth-order valence-electron chi connectivity index (χ4n) is 5.98. The standard InChI is InChI=1S/C28H25ClN4O8/c1-10-7-12-18(23(35)28(10)24(36)19-15(39-3)9-16(40-4)21(29)22(19)41-28)17(11-5-6-13(34)14(8-11)38-2)20-25(31-12)32-27(30)33-26(20)37/h5-6,8-10,17,34H,7H2,1-4H3,(H4,30,31,32,33,37). The molecule has 1 aromatic heterocycles. The van der Waals surface area contributed by atoms with Gasteiger partial charge in [-0.25, -0.2) is 0 Å². The monoisotopic (exact) mass is 580 g/mol. The van der Waals surface area contributed by atoms with Crippen molar-refractivity contribution in [2.75, 3.05) is 32.4 Å². The van der Waals surface area contributed by atoms with E-state index in [0.717, 1.165) is 0 Å². The summed E-state index contributed by atoms with van der Waals surface area (Å²) in [5.74, 6) is -2.58. The summed E-state index contributed by atoms with van der Waals surface area (Å²) in [4.78, 5) is 49.0. The average Bonchev–Trinajstić information content (AvgIpc) is 3.26. The molecule has 3 unspecified atom stereocenters. The van der Waals surface area contributed by atoms with Crippen molar-refractivity contribution in [3.05, 3.63) is 67.6 Å². The van der Waals surface area contributed by atoms with Crippen LogP contribution in [0, 0.1) is 5.92 Å². The van der Waals surface area contributed by atoms with Crippen LogP contribution < -0.4 is 35.6 Å². The van der Waals surface area contributed by atoms with Crippen molar-refractivity contribution in [1.29, 1.82) is 0 Å². The fraction of sp³-hybridized carbons (Fsp3) is 0.286. The lowest BCUT2D eigenvalue weighted by molar-refractivity contribution is -0.130. The third-order valence-electron chi connectivity index (χ3n) is 7.89. The van der Waals surface area contributed by atoms with Crippen molar-refractivity contribution in [2.45, 2.75) is 24.9 Å². The number of benzene rings is 2. The number of Topliss-reactive ketones (excluding diaryl/α,β-unsaturated/α-hetero) is 2. The smallest absolute Gasteiger partial charge is 0.258 e. The first-order valence-corrected chi connectivity index (χ1v) is 12.9. The Kier molecular flexibility index (Phi) is 5.93. The Bertz CT molecular complexity index is 1770. The first-order valence-electron chi connectivity index (χ1n) is 12.6. The highest BCUT2D eigenvalue weighted by atomic mass is 35.5. The van der Waals surface area contributed by atoms with Crippen LogP contribution in [0.1, 0.15) is 40.7 Å². The highest BCUT2D eigenvalue weighted by Gasteiger charge is 2.63. The molecule has 212 valence electrons. The summed E-state index contributed by atoms with van der Waals surface area (Å²) < 4.78 is 22.4. The Morgan fingerprint density at radius 3 is 2.46 bits per heavy atom. The third-order valence-corrected chi connectivity index (χ3v) is 8.25. The maximum absolute atomic E-state index is 14.7. The van der Waals surface area contributed by atoms with Gasteiger partial charge in [0.15, 0.2) is 17.2 Å². The van der Waals surface area contributed by atoms with Gasteiger partial charge in [0.25, 0.3) is 5.56 Å². The lowest BCUT2D eigenvalue weighted by Crippen LogP contribution is -2.58. The molecule has 0 radical (unpaired) electrons. The molecule has 1 aliphatic carbocycles. The molecule has 6 rings (SSSR count). The van der Waals surface area contributed by atoms with Crippen LogP contribution >= 0.6 is 11.6 Å². The number of ketones is 2. The zero-order valence-corrected chi connectivity index (χ0v) is 23.1. The second-order valence-corrected chi connectivity index (χ2v) is 10.4. The maximum Gasteiger partial charge on any atom is 0.258 e. The molecular formula is C28H25ClN4O8. The number of ether oxygens (including phenoxy) is 4. The normalized spacial score (nSPS) is 22.5. The summed E-state index contributed by atoms with van der Waals surface area (Å²) in [7, 11) is 4.17. The number of H-pyrrole nitrogens is 1. The highest BCUT2D eigenvalue weighted by molar-refractivity contribution is 6.36. The lowest BCUT2D eigenvalue weighted by Gasteiger charge is -2.42. The highest BCUT2D eigenvalue weighted by Crippen LogP contribution is 2.56. The number of nitrogen functional groups attached to an aromatic ring is 1. The van der Waals surface area contributed by atoms with Crippen LogP contribution in [0.15, 0.2) is 40.3 Å². The molecule has 3 atom stereocenters. The molecule has 0 saturated carbocycles. The van der Waals surface area contributed by atoms with Crippen LogP contribution in [0.25, 0.3) is 0 Å². The Labute approximate surface area is 238 Å². The molecule has 13 heteroatoms. The van der Waals surface area contributed by atoms with Crippen molar-refractivity contribution in [2.24, 2.45) is 5.92 Å². The number of carbonyl (C=O) groups excluding carboxylic acids is 2. The van der Waals surface area contributed by atoms with E-state index in [1.807, 2.05) is 0 Å². The van der Waals surface area contributed by atoms with E-state index in [1.165, 1.54) is 39.5 Å². The Morgan fingerprint density at radius 2 is 1.78 bits per heavy atom. The summed E-state index contributed by atoms with van der Waals surface area (Å²) in [5, 5.41) is 13.4. The van der Waals surface area contributed by atoms with E-state index in [0.29, 0.717) is 11.3 Å². The largest absolute Gasteiger partial charge is 0.504 e. The first kappa shape index (κ1) is 26.5. The number of hydrogen-bond donors (Lipinski definition) is 4. The molecule has 0 saturated heterocycles. The molecule has 3 aliphatic rings. The summed E-state index contributed by atoms with van der Waals surface area (Å²) in [5.41, 5.74) is 4.40. The number of methoxy groups -OCH3 is 3. The molecule has 41 heavy (non-hydrogen) atoms. The number of nitrogens with zero attached hydrogens (tertiary/aromatic N) is 1. The van der Waals surface area contributed by atoms with E-state index in [1.54, 1.807) is 13.0 Å². The van der Waals surface area contributed by atoms with Crippen molar-refractivity contribution in [3.63, 3.8) is 0 Å². The molecule has 2 aliphatic heterocycles. The van der Waals surface area contributed by atoms with E-state index >= 15 is 0 Å². The van der Waals surface area contributed by atoms with Crippen LogP contribution in [0.2, 0.25) is 5.02 Å². The van der Waals surface area contributed by atoms with E-state index in [4.69, 9.17) is 36.3 Å². The quantitative estimate of drug-likeness (QED) is 0.333. The number of phenolic OH excluding ortho intramolecular Hbond substituents is 1. The second kappa shape index (κ2) is 9.16. The van der Waals surface area contributed by atoms with E-state index in [9.17, 15) is 19.5 Å². The Morgan fingerprint density at radius 1 is 1.07 bits per heavy atom. The molecule has 3 aromatic rings. The first-order chi connectivity index (χ1) is 19.6. The lowest BCUT2D eigenvalue weighted by atomic mass is 9.66. The number of anilines is 2. The molecule has 12 nitrogen and oxygen atoms in total. The zero-order chi connectivity index (χ0) is 29.4. The van der Waals surface area contributed by atoms with Gasteiger partial charge in [0, 0.05) is 29.2 Å². The van der Waals surface area contributed by atoms with Gasteiger partial charge >= 0.3 is 0 Å². The topological polar surface area (TPSA) is 175 Å². The number of aromatic amines is 1. The Hall–Kier alpha value is -4.71. The SMILES string of the molecule is COc1cc(C2C3=C(CC(C)C4(Oc5c(Cl)c(OC)cc(OC)c5C4=O)C3=O)Nc3nc(N)[nH]c(=O)c32)ccc1O. The molecule has 0 fully saturated rings. The second-order valence-electron chi connectivity index (χ2n) is 10.00. The summed E-state index contributed by atoms with van der Waals surface area (Å²) in [6, 6.07) is 5.94. The number of phenols is 1. The van der Waals surface area contributed by atoms with Crippen LogP contribution in [-0.2, 0) is 4.79 Å². The number of fused-ring (bicyclic) bond motifs is 2. The van der Waals surface area contributed by atoms with Crippen LogP contribution in [0.5, 0.6) is 28.7 Å².